The molecule has 4 nitrogen and oxygen atoms in total. The molecule has 2 aliphatic rings. The van der Waals surface area contributed by atoms with E-state index in [1.807, 2.05) is 0 Å². The van der Waals surface area contributed by atoms with Crippen molar-refractivity contribution < 1.29 is 4.79 Å². The Hall–Kier alpha value is -1.75. The third-order valence-corrected chi connectivity index (χ3v) is 6.16. The Morgan fingerprint density at radius 1 is 1.21 bits per heavy atom. The van der Waals surface area contributed by atoms with Crippen LogP contribution in [0.4, 0.5) is 5.95 Å². The molecule has 0 radical (unpaired) electrons. The number of fused-ring (bicyclic) bond motifs is 1. The van der Waals surface area contributed by atoms with Crippen molar-refractivity contribution >= 4 is 23.1 Å². The van der Waals surface area contributed by atoms with Gasteiger partial charge in [0, 0.05) is 36.5 Å². The summed E-state index contributed by atoms with van der Waals surface area (Å²) in [5.41, 5.74) is 1.66. The number of Topliss-reactive ketones (excluding diaryl/α,β-unsaturated/α-hetero) is 1. The van der Waals surface area contributed by atoms with E-state index in [4.69, 9.17) is 4.98 Å². The van der Waals surface area contributed by atoms with Gasteiger partial charge < -0.3 is 4.90 Å². The topological polar surface area (TPSA) is 46.1 Å². The Morgan fingerprint density at radius 3 is 2.71 bits per heavy atom. The standard InChI is InChI=1S/C19H23N3OS/c1-12-6-13(2)11-22(10-12)19-20-9-15-16(21-19)7-14(8-17(15)23)18-4-3-5-24-18/h3-5,9,12-14H,6-8,10-11H2,1-2H3/t12-,13-,14-/m0/s1. The van der Waals surface area contributed by atoms with E-state index in [0.717, 1.165) is 36.7 Å². The zero-order valence-corrected chi connectivity index (χ0v) is 15.1. The first-order valence-electron chi connectivity index (χ1n) is 8.77. The molecule has 0 saturated carbocycles. The zero-order valence-electron chi connectivity index (χ0n) is 14.2. The smallest absolute Gasteiger partial charge is 0.225 e. The van der Waals surface area contributed by atoms with Crippen molar-refractivity contribution in [1.29, 1.82) is 0 Å². The molecule has 0 bridgehead atoms. The molecule has 1 fully saturated rings. The Bertz CT molecular complexity index is 733. The summed E-state index contributed by atoms with van der Waals surface area (Å²) in [6, 6.07) is 4.19. The van der Waals surface area contributed by atoms with E-state index in [9.17, 15) is 4.79 Å². The molecule has 24 heavy (non-hydrogen) atoms. The quantitative estimate of drug-likeness (QED) is 0.830. The van der Waals surface area contributed by atoms with Crippen molar-refractivity contribution in [2.75, 3.05) is 18.0 Å². The highest BCUT2D eigenvalue weighted by Gasteiger charge is 2.30. The summed E-state index contributed by atoms with van der Waals surface area (Å²) in [4.78, 5) is 25.4. The predicted molar refractivity (Wildman–Crippen MR) is 96.9 cm³/mol. The van der Waals surface area contributed by atoms with Gasteiger partial charge in [-0.25, -0.2) is 9.97 Å². The minimum absolute atomic E-state index is 0.182. The fraction of sp³-hybridized carbons (Fsp3) is 0.526. The highest BCUT2D eigenvalue weighted by atomic mass is 32.1. The van der Waals surface area contributed by atoms with Gasteiger partial charge in [0.2, 0.25) is 5.95 Å². The van der Waals surface area contributed by atoms with E-state index in [2.05, 4.69) is 41.2 Å². The minimum atomic E-state index is 0.182. The number of thiophene rings is 1. The number of rotatable bonds is 2. The van der Waals surface area contributed by atoms with Gasteiger partial charge in [-0.3, -0.25) is 4.79 Å². The fourth-order valence-corrected chi connectivity index (χ4v) is 4.97. The number of nitrogens with zero attached hydrogens (tertiary/aromatic N) is 3. The van der Waals surface area contributed by atoms with Crippen LogP contribution in [0.15, 0.2) is 23.7 Å². The van der Waals surface area contributed by atoms with E-state index in [-0.39, 0.29) is 11.7 Å². The second-order valence-corrected chi connectivity index (χ2v) is 8.40. The number of carbonyl (C=O) groups is 1. The summed E-state index contributed by atoms with van der Waals surface area (Å²) in [6.07, 6.45) is 4.44. The molecule has 126 valence electrons. The molecule has 2 aromatic rings. The third kappa shape index (κ3) is 2.97. The van der Waals surface area contributed by atoms with Gasteiger partial charge in [0.15, 0.2) is 5.78 Å². The minimum Gasteiger partial charge on any atom is -0.340 e. The van der Waals surface area contributed by atoms with Crippen molar-refractivity contribution in [2.45, 2.75) is 39.0 Å². The monoisotopic (exact) mass is 341 g/mol. The summed E-state index contributed by atoms with van der Waals surface area (Å²) in [6.45, 7) is 6.59. The van der Waals surface area contributed by atoms with Crippen LogP contribution in [0.3, 0.4) is 0 Å². The number of aromatic nitrogens is 2. The van der Waals surface area contributed by atoms with Crippen molar-refractivity contribution in [3.8, 4) is 0 Å². The lowest BCUT2D eigenvalue weighted by Gasteiger charge is -2.35. The molecule has 2 aromatic heterocycles. The van der Waals surface area contributed by atoms with Crippen molar-refractivity contribution in [3.05, 3.63) is 39.8 Å². The number of carbonyl (C=O) groups excluding carboxylic acids is 1. The van der Waals surface area contributed by atoms with E-state index in [1.54, 1.807) is 17.5 Å². The molecule has 3 atom stereocenters. The zero-order chi connectivity index (χ0) is 16.7. The molecule has 0 unspecified atom stereocenters. The molecular weight excluding hydrogens is 318 g/mol. The number of anilines is 1. The van der Waals surface area contributed by atoms with Crippen LogP contribution in [0.25, 0.3) is 0 Å². The predicted octanol–water partition coefficient (Wildman–Crippen LogP) is 3.93. The lowest BCUT2D eigenvalue weighted by molar-refractivity contribution is 0.0963. The summed E-state index contributed by atoms with van der Waals surface area (Å²) in [5, 5.41) is 2.08. The maximum atomic E-state index is 12.5. The van der Waals surface area contributed by atoms with Gasteiger partial charge in [0.05, 0.1) is 11.3 Å². The molecule has 0 aromatic carbocycles. The average Bonchev–Trinajstić information content (AvgIpc) is 3.08. The van der Waals surface area contributed by atoms with Crippen LogP contribution in [0.1, 0.15) is 53.5 Å². The summed E-state index contributed by atoms with van der Waals surface area (Å²) >= 11 is 1.73. The summed E-state index contributed by atoms with van der Waals surface area (Å²) in [7, 11) is 0. The number of hydrogen-bond acceptors (Lipinski definition) is 5. The molecule has 0 N–H and O–H groups in total. The van der Waals surface area contributed by atoms with Gasteiger partial charge in [0.1, 0.15) is 0 Å². The molecular formula is C19H23N3OS. The van der Waals surface area contributed by atoms with Gasteiger partial charge >= 0.3 is 0 Å². The normalized spacial score (nSPS) is 27.2. The van der Waals surface area contributed by atoms with Crippen LogP contribution in [0, 0.1) is 11.8 Å². The summed E-state index contributed by atoms with van der Waals surface area (Å²) < 4.78 is 0. The van der Waals surface area contributed by atoms with Gasteiger partial charge in [-0.15, -0.1) is 11.3 Å². The largest absolute Gasteiger partial charge is 0.340 e. The second-order valence-electron chi connectivity index (χ2n) is 7.43. The van der Waals surface area contributed by atoms with E-state index in [1.165, 1.54) is 11.3 Å². The molecule has 5 heteroatoms. The average molecular weight is 341 g/mol. The highest BCUT2D eigenvalue weighted by Crippen LogP contribution is 2.34. The molecule has 0 spiro atoms. The maximum absolute atomic E-state index is 12.5. The Labute approximate surface area is 146 Å². The maximum Gasteiger partial charge on any atom is 0.225 e. The Morgan fingerprint density at radius 2 is 2.00 bits per heavy atom. The molecule has 3 heterocycles. The van der Waals surface area contributed by atoms with Crippen LogP contribution >= 0.6 is 11.3 Å². The van der Waals surface area contributed by atoms with Gasteiger partial charge in [-0.2, -0.15) is 0 Å². The van der Waals surface area contributed by atoms with Crippen LogP contribution in [-0.2, 0) is 6.42 Å². The molecule has 0 amide bonds. The van der Waals surface area contributed by atoms with E-state index >= 15 is 0 Å². The van der Waals surface area contributed by atoms with E-state index in [0.29, 0.717) is 18.3 Å². The molecule has 4 rings (SSSR count). The number of piperidine rings is 1. The van der Waals surface area contributed by atoms with Crippen LogP contribution in [-0.4, -0.2) is 28.8 Å². The molecule has 1 saturated heterocycles. The van der Waals surface area contributed by atoms with Crippen molar-refractivity contribution in [3.63, 3.8) is 0 Å². The first-order chi connectivity index (χ1) is 11.6. The van der Waals surface area contributed by atoms with Gasteiger partial charge in [-0.05, 0) is 36.1 Å². The van der Waals surface area contributed by atoms with Gasteiger partial charge in [-0.1, -0.05) is 19.9 Å². The lowest BCUT2D eigenvalue weighted by atomic mass is 9.85. The SMILES string of the molecule is C[C@H]1C[C@H](C)CN(c2ncc3c(n2)C[C@H](c2cccs2)CC3=O)C1. The van der Waals surface area contributed by atoms with Crippen molar-refractivity contribution in [2.24, 2.45) is 11.8 Å². The van der Waals surface area contributed by atoms with Crippen LogP contribution in [0.2, 0.25) is 0 Å². The van der Waals surface area contributed by atoms with Gasteiger partial charge in [0.25, 0.3) is 0 Å². The van der Waals surface area contributed by atoms with Crippen molar-refractivity contribution in [1.82, 2.24) is 9.97 Å². The molecule has 1 aliphatic heterocycles. The highest BCUT2D eigenvalue weighted by molar-refractivity contribution is 7.10. The Kier molecular flexibility index (Phi) is 4.12. The third-order valence-electron chi connectivity index (χ3n) is 5.12. The van der Waals surface area contributed by atoms with E-state index < -0.39 is 0 Å². The second kappa shape index (κ2) is 6.28. The number of ketones is 1. The first kappa shape index (κ1) is 15.8. The van der Waals surface area contributed by atoms with Crippen LogP contribution in [0.5, 0.6) is 0 Å². The fourth-order valence-electron chi connectivity index (χ4n) is 4.14. The lowest BCUT2D eigenvalue weighted by Crippen LogP contribution is -2.40. The number of hydrogen-bond donors (Lipinski definition) is 0. The summed E-state index contributed by atoms with van der Waals surface area (Å²) in [5.74, 6) is 2.57. The molecule has 1 aliphatic carbocycles. The van der Waals surface area contributed by atoms with Crippen LogP contribution < -0.4 is 4.90 Å². The Balaban J connectivity index is 1.62. The first-order valence-corrected chi connectivity index (χ1v) is 9.65.